The molecule has 2 fully saturated rings. The highest BCUT2D eigenvalue weighted by molar-refractivity contribution is 5.76. The predicted octanol–water partition coefficient (Wildman–Crippen LogP) is 1.19. The van der Waals surface area contributed by atoms with E-state index in [0.717, 1.165) is 56.3 Å². The fourth-order valence-electron chi connectivity index (χ4n) is 3.39. The van der Waals surface area contributed by atoms with Gasteiger partial charge in [0.25, 0.3) is 0 Å². The highest BCUT2D eigenvalue weighted by Crippen LogP contribution is 2.32. The van der Waals surface area contributed by atoms with Crippen LogP contribution in [0.1, 0.15) is 25.7 Å². The second-order valence-electron chi connectivity index (χ2n) is 6.27. The number of nitrogens with zero attached hydrogens (tertiary/aromatic N) is 5. The zero-order chi connectivity index (χ0) is 14.8. The lowest BCUT2D eigenvalue weighted by molar-refractivity contribution is 0.252. The summed E-state index contributed by atoms with van der Waals surface area (Å²) in [6.45, 7) is 4.38. The molecule has 2 aliphatic heterocycles. The molecule has 1 aromatic heterocycles. The maximum Gasteiger partial charge on any atom is 0.157 e. The molecule has 0 saturated carbocycles. The summed E-state index contributed by atoms with van der Waals surface area (Å²) < 4.78 is 0. The van der Waals surface area contributed by atoms with Crippen LogP contribution in [0.25, 0.3) is 0 Å². The third-order valence-electron chi connectivity index (χ3n) is 4.82. The first-order chi connectivity index (χ1) is 10.2. The summed E-state index contributed by atoms with van der Waals surface area (Å²) in [5, 5.41) is 0. The first kappa shape index (κ1) is 14.4. The summed E-state index contributed by atoms with van der Waals surface area (Å²) in [6, 6.07) is 0.518. The zero-order valence-corrected chi connectivity index (χ0v) is 13.1. The van der Waals surface area contributed by atoms with Gasteiger partial charge in [-0.25, -0.2) is 9.97 Å². The van der Waals surface area contributed by atoms with Gasteiger partial charge in [0, 0.05) is 26.2 Å². The van der Waals surface area contributed by atoms with Crippen LogP contribution in [0.5, 0.6) is 0 Å². The van der Waals surface area contributed by atoms with Crippen molar-refractivity contribution in [2.24, 2.45) is 0 Å². The van der Waals surface area contributed by atoms with Crippen molar-refractivity contribution in [3.63, 3.8) is 0 Å². The van der Waals surface area contributed by atoms with Crippen molar-refractivity contribution in [3.05, 3.63) is 6.33 Å². The van der Waals surface area contributed by atoms with Crippen LogP contribution in [0.3, 0.4) is 0 Å². The van der Waals surface area contributed by atoms with E-state index in [-0.39, 0.29) is 0 Å². The molecule has 0 aromatic carbocycles. The molecule has 2 aliphatic rings. The molecule has 0 aliphatic carbocycles. The summed E-state index contributed by atoms with van der Waals surface area (Å²) >= 11 is 0. The topological polar surface area (TPSA) is 61.5 Å². The number of hydrogen-bond acceptors (Lipinski definition) is 6. The van der Waals surface area contributed by atoms with Gasteiger partial charge in [0.15, 0.2) is 11.6 Å². The Morgan fingerprint density at radius 3 is 2.48 bits per heavy atom. The van der Waals surface area contributed by atoms with Crippen LogP contribution < -0.4 is 15.5 Å². The lowest BCUT2D eigenvalue weighted by Crippen LogP contribution is -2.42. The van der Waals surface area contributed by atoms with Gasteiger partial charge in [-0.2, -0.15) is 0 Å². The Kier molecular flexibility index (Phi) is 4.14. The van der Waals surface area contributed by atoms with E-state index in [1.165, 1.54) is 12.8 Å². The molecule has 0 bridgehead atoms. The van der Waals surface area contributed by atoms with Crippen LogP contribution in [0.15, 0.2) is 6.33 Å². The largest absolute Gasteiger partial charge is 0.393 e. The van der Waals surface area contributed by atoms with Crippen LogP contribution in [0, 0.1) is 0 Å². The number of piperidine rings is 1. The van der Waals surface area contributed by atoms with Gasteiger partial charge in [0.05, 0.1) is 0 Å². The van der Waals surface area contributed by atoms with Gasteiger partial charge >= 0.3 is 0 Å². The van der Waals surface area contributed by atoms with Crippen molar-refractivity contribution in [1.29, 1.82) is 0 Å². The van der Waals surface area contributed by atoms with Gasteiger partial charge in [-0.15, -0.1) is 0 Å². The number of hydrogen-bond donors (Lipinski definition) is 1. The lowest BCUT2D eigenvalue weighted by Gasteiger charge is -2.36. The zero-order valence-electron chi connectivity index (χ0n) is 13.1. The molecule has 2 N–H and O–H groups in total. The van der Waals surface area contributed by atoms with Gasteiger partial charge in [-0.1, -0.05) is 0 Å². The minimum absolute atomic E-state index is 0.518. The van der Waals surface area contributed by atoms with Gasteiger partial charge in [0.1, 0.15) is 12.0 Å². The Hall–Kier alpha value is -1.56. The highest BCUT2D eigenvalue weighted by Gasteiger charge is 2.25. The van der Waals surface area contributed by atoms with Crippen LogP contribution in [-0.4, -0.2) is 61.2 Å². The molecule has 0 amide bonds. The van der Waals surface area contributed by atoms with Crippen LogP contribution in [0.4, 0.5) is 17.3 Å². The second-order valence-corrected chi connectivity index (χ2v) is 6.27. The molecule has 0 radical (unpaired) electrons. The Morgan fingerprint density at radius 2 is 1.81 bits per heavy atom. The van der Waals surface area contributed by atoms with Crippen LogP contribution in [-0.2, 0) is 0 Å². The van der Waals surface area contributed by atoms with Gasteiger partial charge < -0.3 is 20.4 Å². The van der Waals surface area contributed by atoms with E-state index in [1.807, 2.05) is 0 Å². The predicted molar refractivity (Wildman–Crippen MR) is 86.8 cm³/mol. The number of anilines is 3. The molecule has 3 rings (SSSR count). The summed E-state index contributed by atoms with van der Waals surface area (Å²) in [5.41, 5.74) is 7.12. The van der Waals surface area contributed by atoms with E-state index in [1.54, 1.807) is 6.33 Å². The molecule has 6 nitrogen and oxygen atoms in total. The van der Waals surface area contributed by atoms with E-state index in [0.29, 0.717) is 6.04 Å². The van der Waals surface area contributed by atoms with Crippen molar-refractivity contribution in [2.75, 3.05) is 55.8 Å². The average molecular weight is 290 g/mol. The Balaban J connectivity index is 1.79. The van der Waals surface area contributed by atoms with Crippen molar-refractivity contribution in [2.45, 2.75) is 31.7 Å². The Labute approximate surface area is 126 Å². The molecule has 3 heterocycles. The maximum atomic E-state index is 6.38. The Bertz CT molecular complexity index is 477. The fraction of sp³-hybridized carbons (Fsp3) is 0.733. The number of likely N-dealkylation sites (tertiary alicyclic amines) is 1. The normalized spacial score (nSPS) is 21.0. The van der Waals surface area contributed by atoms with Crippen LogP contribution >= 0.6 is 0 Å². The average Bonchev–Trinajstić information content (AvgIpc) is 3.02. The minimum Gasteiger partial charge on any atom is -0.393 e. The Morgan fingerprint density at radius 1 is 1.14 bits per heavy atom. The molecule has 0 unspecified atom stereocenters. The number of aromatic nitrogens is 2. The summed E-state index contributed by atoms with van der Waals surface area (Å²) in [6.07, 6.45) is 6.43. The minimum atomic E-state index is 0.518. The van der Waals surface area contributed by atoms with E-state index in [4.69, 9.17) is 5.73 Å². The lowest BCUT2D eigenvalue weighted by atomic mass is 10.0. The van der Waals surface area contributed by atoms with Gasteiger partial charge in [-0.3, -0.25) is 0 Å². The monoisotopic (exact) mass is 290 g/mol. The standard InChI is InChI=1S/C15H26N6/c1-19-9-5-12(6-10-19)20(2)14-13(16)15(18-11-17-14)21-7-3-4-8-21/h11-12H,3-10,16H2,1-2H3. The quantitative estimate of drug-likeness (QED) is 0.902. The third kappa shape index (κ3) is 2.90. The van der Waals surface area contributed by atoms with Crippen molar-refractivity contribution >= 4 is 17.3 Å². The van der Waals surface area contributed by atoms with Crippen molar-refractivity contribution in [3.8, 4) is 0 Å². The third-order valence-corrected chi connectivity index (χ3v) is 4.82. The van der Waals surface area contributed by atoms with E-state index in [2.05, 4.69) is 38.8 Å². The van der Waals surface area contributed by atoms with Crippen LogP contribution in [0.2, 0.25) is 0 Å². The number of rotatable bonds is 3. The molecule has 2 saturated heterocycles. The molecule has 1 aromatic rings. The molecule has 0 spiro atoms. The summed E-state index contributed by atoms with van der Waals surface area (Å²) in [5.74, 6) is 1.80. The second kappa shape index (κ2) is 6.05. The molecule has 116 valence electrons. The molecule has 21 heavy (non-hydrogen) atoms. The van der Waals surface area contributed by atoms with Gasteiger partial charge in [-0.05, 0) is 45.8 Å². The van der Waals surface area contributed by atoms with E-state index in [9.17, 15) is 0 Å². The molecule has 0 atom stereocenters. The SMILES string of the molecule is CN1CCC(N(C)c2ncnc(N3CCCC3)c2N)CC1. The molecular weight excluding hydrogens is 264 g/mol. The van der Waals surface area contributed by atoms with E-state index >= 15 is 0 Å². The highest BCUT2D eigenvalue weighted by atomic mass is 15.3. The summed E-state index contributed by atoms with van der Waals surface area (Å²) in [4.78, 5) is 15.8. The van der Waals surface area contributed by atoms with Crippen molar-refractivity contribution in [1.82, 2.24) is 14.9 Å². The molecule has 6 heteroatoms. The molecular formula is C15H26N6. The maximum absolute atomic E-state index is 6.38. The smallest absolute Gasteiger partial charge is 0.157 e. The summed E-state index contributed by atoms with van der Waals surface area (Å²) in [7, 11) is 4.29. The number of nitrogen functional groups attached to an aromatic ring is 1. The van der Waals surface area contributed by atoms with E-state index < -0.39 is 0 Å². The van der Waals surface area contributed by atoms with Crippen molar-refractivity contribution < 1.29 is 0 Å². The first-order valence-electron chi connectivity index (χ1n) is 7.93. The fourth-order valence-corrected chi connectivity index (χ4v) is 3.39. The van der Waals surface area contributed by atoms with Gasteiger partial charge in [0.2, 0.25) is 0 Å². The first-order valence-corrected chi connectivity index (χ1v) is 7.93. The number of nitrogens with two attached hydrogens (primary N) is 1.